The van der Waals surface area contributed by atoms with Gasteiger partial charge in [-0.05, 0) is 54.9 Å². The molecule has 24 atom stereocenters. The van der Waals surface area contributed by atoms with Crippen LogP contribution in [0.15, 0.2) is 24.3 Å². The summed E-state index contributed by atoms with van der Waals surface area (Å²) in [5.41, 5.74) is 1.31. The second-order valence-electron chi connectivity index (χ2n) is 17.5. The lowest BCUT2D eigenvalue weighted by Gasteiger charge is -2.51. The van der Waals surface area contributed by atoms with E-state index in [1.165, 1.54) is 0 Å². The monoisotopic (exact) mass is 884 g/mol. The fraction of sp³-hybridized carbons (Fsp3) is 0.897. The van der Waals surface area contributed by atoms with Crippen LogP contribution in [0.2, 0.25) is 0 Å². The highest BCUT2D eigenvalue weighted by Gasteiger charge is 2.55. The van der Waals surface area contributed by atoms with Crippen molar-refractivity contribution in [2.45, 2.75) is 168 Å². The maximum absolute atomic E-state index is 10.9. The minimum atomic E-state index is -1.67. The number of rotatable bonds is 18. The Morgan fingerprint density at radius 1 is 0.656 bits per heavy atom. The van der Waals surface area contributed by atoms with E-state index in [0.717, 1.165) is 12.0 Å². The van der Waals surface area contributed by atoms with Crippen LogP contribution in [0.3, 0.4) is 0 Å². The number of ether oxygens (including phenoxy) is 8. The van der Waals surface area contributed by atoms with Gasteiger partial charge < -0.3 is 109 Å². The Balaban J connectivity index is 0.981. The van der Waals surface area contributed by atoms with Gasteiger partial charge >= 0.3 is 0 Å². The van der Waals surface area contributed by atoms with Gasteiger partial charge in [0.05, 0.1) is 39.1 Å². The van der Waals surface area contributed by atoms with Crippen molar-refractivity contribution in [1.29, 1.82) is 0 Å². The van der Waals surface area contributed by atoms with Crippen LogP contribution in [0.25, 0.3) is 0 Å². The molecule has 0 spiro atoms. The van der Waals surface area contributed by atoms with Crippen LogP contribution in [0.4, 0.5) is 0 Å². The first kappa shape index (κ1) is 49.0. The molecule has 22 heteroatoms. The van der Waals surface area contributed by atoms with E-state index in [4.69, 9.17) is 37.9 Å². The first-order valence-electron chi connectivity index (χ1n) is 20.7. The molecule has 0 aromatic carbocycles. The first-order valence-corrected chi connectivity index (χ1v) is 20.7. The molecule has 6 fully saturated rings. The lowest BCUT2D eigenvalue weighted by atomic mass is 9.55. The van der Waals surface area contributed by atoms with E-state index in [9.17, 15) is 71.5 Å². The molecule has 352 valence electrons. The van der Waals surface area contributed by atoms with E-state index >= 15 is 0 Å². The minimum absolute atomic E-state index is 0.0216. The standard InChI is InChI=1S/C39H64O22/c1-14-6-17(55-36-30(53)26(49)34(61-36)22(12-43)57-38-29(52)24(47)32(59-38)20(45)10-41)8-39(3)5-4-16(7-18(14)39)15(2)13-54-35-27(50)25(48)33(60-35)21(11-42)56-37-28(51)23(46)31(58-37)19(44)9-40/h16-38,40-53H,1-2,4-13H2,3H3/t16-,17-,18-,19+,20+,21+,22+,23+,24+,25+,26+,27+,28+,29+,30+,31-,32-,33-,34-,35+,36+,37+,38+,39-/m0/s1. The van der Waals surface area contributed by atoms with Crippen molar-refractivity contribution in [2.75, 3.05) is 33.0 Å². The Morgan fingerprint density at radius 2 is 1.10 bits per heavy atom. The van der Waals surface area contributed by atoms with Gasteiger partial charge in [-0.3, -0.25) is 0 Å². The Morgan fingerprint density at radius 3 is 1.59 bits per heavy atom. The summed E-state index contributed by atoms with van der Waals surface area (Å²) >= 11 is 0. The predicted octanol–water partition coefficient (Wildman–Crippen LogP) is -6.03. The lowest BCUT2D eigenvalue weighted by molar-refractivity contribution is -0.250. The molecule has 4 saturated heterocycles. The topological polar surface area (TPSA) is 357 Å². The molecule has 0 aromatic rings. The molecule has 2 aliphatic carbocycles. The Bertz CT molecular complexity index is 1460. The Hall–Kier alpha value is -1.40. The maximum Gasteiger partial charge on any atom is 0.187 e. The second kappa shape index (κ2) is 20.4. The number of hydrogen-bond acceptors (Lipinski definition) is 22. The summed E-state index contributed by atoms with van der Waals surface area (Å²) in [6, 6.07) is 0. The van der Waals surface area contributed by atoms with E-state index in [2.05, 4.69) is 20.1 Å². The Labute approximate surface area is 351 Å². The summed E-state index contributed by atoms with van der Waals surface area (Å²) in [5.74, 6) is 0.0163. The lowest BCUT2D eigenvalue weighted by Crippen LogP contribution is -2.46. The normalized spacial score (nSPS) is 47.3. The zero-order valence-corrected chi connectivity index (χ0v) is 33.8. The zero-order chi connectivity index (χ0) is 44.7. The molecule has 0 unspecified atom stereocenters. The summed E-state index contributed by atoms with van der Waals surface area (Å²) in [7, 11) is 0. The molecule has 14 N–H and O–H groups in total. The maximum atomic E-state index is 10.9. The summed E-state index contributed by atoms with van der Waals surface area (Å²) in [6.07, 6.45) is -27.4. The molecule has 0 aromatic heterocycles. The van der Waals surface area contributed by atoms with Crippen molar-refractivity contribution in [3.05, 3.63) is 24.3 Å². The van der Waals surface area contributed by atoms with E-state index in [-0.39, 0.29) is 23.9 Å². The third-order valence-corrected chi connectivity index (χ3v) is 13.3. The molecule has 2 saturated carbocycles. The molecule has 0 amide bonds. The third-order valence-electron chi connectivity index (χ3n) is 13.3. The van der Waals surface area contributed by atoms with E-state index in [1.54, 1.807) is 0 Å². The van der Waals surface area contributed by atoms with Gasteiger partial charge in [0.25, 0.3) is 0 Å². The fourth-order valence-corrected chi connectivity index (χ4v) is 9.67. The Kier molecular flexibility index (Phi) is 16.4. The van der Waals surface area contributed by atoms with Crippen LogP contribution in [0.5, 0.6) is 0 Å². The van der Waals surface area contributed by atoms with Crippen molar-refractivity contribution < 1.29 is 109 Å². The van der Waals surface area contributed by atoms with Crippen LogP contribution >= 0.6 is 0 Å². The van der Waals surface area contributed by atoms with E-state index in [1.807, 2.05) is 0 Å². The van der Waals surface area contributed by atoms with Crippen LogP contribution in [-0.2, 0) is 37.9 Å². The highest BCUT2D eigenvalue weighted by Crippen LogP contribution is 2.55. The molecule has 22 nitrogen and oxygen atoms in total. The van der Waals surface area contributed by atoms with Gasteiger partial charge in [-0.25, -0.2) is 0 Å². The van der Waals surface area contributed by atoms with Crippen molar-refractivity contribution in [3.63, 3.8) is 0 Å². The van der Waals surface area contributed by atoms with Crippen molar-refractivity contribution >= 4 is 0 Å². The quantitative estimate of drug-likeness (QED) is 0.0570. The molecule has 0 bridgehead atoms. The average Bonchev–Trinajstić information content (AvgIpc) is 3.89. The SMILES string of the molecule is C=C(CO[C@@H]1O[C@@H]([C@@H](CO)O[C@@H]2O[C@@H]([C@H](O)CO)[C@H](O)[C@H]2O)[C@H](O)[C@H]1O)[C@H]1CC[C@@]2(C)C[C@@H](O[C@@H]3O[C@@H]([C@@H](CO)O[C@@H]4O[C@@H]([C@H](O)CO)[C@H](O)[C@H]4O)[C@H](O)[C@H]3O)CC(=C)[C@@H]2C1. The van der Waals surface area contributed by atoms with Crippen molar-refractivity contribution in [2.24, 2.45) is 17.3 Å². The highest BCUT2D eigenvalue weighted by molar-refractivity contribution is 5.18. The van der Waals surface area contributed by atoms with Crippen LogP contribution in [0, 0.1) is 17.3 Å². The molecule has 0 radical (unpaired) electrons. The second-order valence-corrected chi connectivity index (χ2v) is 17.5. The molecule has 4 aliphatic heterocycles. The number of fused-ring (bicyclic) bond motifs is 1. The summed E-state index contributed by atoms with van der Waals surface area (Å²) in [6.45, 7) is 7.62. The minimum Gasteiger partial charge on any atom is -0.394 e. The number of aliphatic hydroxyl groups excluding tert-OH is 14. The molecular weight excluding hydrogens is 820 g/mol. The van der Waals surface area contributed by atoms with Gasteiger partial charge in [0.2, 0.25) is 0 Å². The first-order chi connectivity index (χ1) is 28.9. The number of aliphatic hydroxyl groups is 14. The van der Waals surface area contributed by atoms with Crippen LogP contribution < -0.4 is 0 Å². The molecule has 4 heterocycles. The molecular formula is C39H64O22. The zero-order valence-electron chi connectivity index (χ0n) is 33.8. The largest absolute Gasteiger partial charge is 0.394 e. The summed E-state index contributed by atoms with van der Waals surface area (Å²) in [4.78, 5) is 0. The van der Waals surface area contributed by atoms with E-state index < -0.39 is 155 Å². The van der Waals surface area contributed by atoms with Crippen LogP contribution in [-0.4, -0.2) is 233 Å². The molecule has 61 heavy (non-hydrogen) atoms. The van der Waals surface area contributed by atoms with Gasteiger partial charge in [-0.15, -0.1) is 0 Å². The van der Waals surface area contributed by atoms with Gasteiger partial charge in [0.1, 0.15) is 97.7 Å². The van der Waals surface area contributed by atoms with Gasteiger partial charge in [-0.1, -0.05) is 25.7 Å². The van der Waals surface area contributed by atoms with Gasteiger partial charge in [0.15, 0.2) is 25.2 Å². The van der Waals surface area contributed by atoms with Crippen molar-refractivity contribution in [1.82, 2.24) is 0 Å². The smallest absolute Gasteiger partial charge is 0.187 e. The third kappa shape index (κ3) is 10.1. The summed E-state index contributed by atoms with van der Waals surface area (Å²) in [5, 5.41) is 143. The van der Waals surface area contributed by atoms with Gasteiger partial charge in [0, 0.05) is 0 Å². The fourth-order valence-electron chi connectivity index (χ4n) is 9.67. The molecule has 6 aliphatic rings. The average molecular weight is 885 g/mol. The van der Waals surface area contributed by atoms with Crippen LogP contribution in [0.1, 0.15) is 39.0 Å². The highest BCUT2D eigenvalue weighted by atomic mass is 16.8. The van der Waals surface area contributed by atoms with Crippen molar-refractivity contribution in [3.8, 4) is 0 Å². The predicted molar refractivity (Wildman–Crippen MR) is 200 cm³/mol. The molecule has 6 rings (SSSR count). The van der Waals surface area contributed by atoms with Gasteiger partial charge in [-0.2, -0.15) is 0 Å². The van der Waals surface area contributed by atoms with E-state index in [0.29, 0.717) is 31.3 Å². The number of hydrogen-bond donors (Lipinski definition) is 14. The summed E-state index contributed by atoms with van der Waals surface area (Å²) < 4.78 is 45.6.